The SMILES string of the molecule is CCn1ncc(N2CCN(C(=O)c3ccco3)CC2)c(Cl)c1=O. The molecule has 1 aliphatic rings. The minimum absolute atomic E-state index is 0.125. The fraction of sp³-hybridized carbons (Fsp3) is 0.400. The highest BCUT2D eigenvalue weighted by Crippen LogP contribution is 2.22. The van der Waals surface area contributed by atoms with Gasteiger partial charge in [0.2, 0.25) is 0 Å². The van der Waals surface area contributed by atoms with Crippen LogP contribution in [0.4, 0.5) is 5.69 Å². The van der Waals surface area contributed by atoms with Crippen LogP contribution in [0.15, 0.2) is 33.8 Å². The molecule has 122 valence electrons. The Hall–Kier alpha value is -2.28. The maximum absolute atomic E-state index is 12.2. The topological polar surface area (TPSA) is 71.6 Å². The molecule has 1 aliphatic heterocycles. The van der Waals surface area contributed by atoms with Gasteiger partial charge in [-0.3, -0.25) is 9.59 Å². The third kappa shape index (κ3) is 2.96. The smallest absolute Gasteiger partial charge is 0.289 e. The average molecular weight is 337 g/mol. The number of rotatable bonds is 3. The monoisotopic (exact) mass is 336 g/mol. The van der Waals surface area contributed by atoms with Crippen molar-refractivity contribution < 1.29 is 9.21 Å². The molecule has 0 spiro atoms. The van der Waals surface area contributed by atoms with Crippen LogP contribution in [0, 0.1) is 0 Å². The highest BCUT2D eigenvalue weighted by molar-refractivity contribution is 6.33. The van der Waals surface area contributed by atoms with Crippen LogP contribution in [0.25, 0.3) is 0 Å². The molecule has 8 heteroatoms. The fourth-order valence-electron chi connectivity index (χ4n) is 2.61. The Morgan fingerprint density at radius 3 is 2.70 bits per heavy atom. The van der Waals surface area contributed by atoms with E-state index in [0.717, 1.165) is 0 Å². The van der Waals surface area contributed by atoms with Crippen molar-refractivity contribution in [2.45, 2.75) is 13.5 Å². The van der Waals surface area contributed by atoms with E-state index in [0.29, 0.717) is 44.2 Å². The number of amides is 1. The molecule has 3 heterocycles. The van der Waals surface area contributed by atoms with E-state index in [1.807, 2.05) is 11.8 Å². The largest absolute Gasteiger partial charge is 0.459 e. The molecule has 0 bridgehead atoms. The van der Waals surface area contributed by atoms with Gasteiger partial charge in [0.15, 0.2) is 5.76 Å². The minimum Gasteiger partial charge on any atom is -0.459 e. The number of aromatic nitrogens is 2. The number of hydrogen-bond acceptors (Lipinski definition) is 5. The zero-order valence-electron chi connectivity index (χ0n) is 12.7. The van der Waals surface area contributed by atoms with Gasteiger partial charge in [0.1, 0.15) is 5.02 Å². The van der Waals surface area contributed by atoms with Gasteiger partial charge in [-0.2, -0.15) is 5.10 Å². The van der Waals surface area contributed by atoms with Crippen LogP contribution in [-0.2, 0) is 6.54 Å². The molecule has 23 heavy (non-hydrogen) atoms. The summed E-state index contributed by atoms with van der Waals surface area (Å²) in [5, 5.41) is 4.28. The standard InChI is InChI=1S/C15H17ClN4O3/c1-2-20-15(22)13(16)11(10-17-20)18-5-7-19(8-6-18)14(21)12-4-3-9-23-12/h3-4,9-10H,2,5-8H2,1H3. The Balaban J connectivity index is 1.71. The van der Waals surface area contributed by atoms with Gasteiger partial charge in [-0.05, 0) is 19.1 Å². The summed E-state index contributed by atoms with van der Waals surface area (Å²) in [6.07, 6.45) is 3.09. The molecule has 0 N–H and O–H groups in total. The van der Waals surface area contributed by atoms with E-state index in [1.165, 1.54) is 10.9 Å². The summed E-state index contributed by atoms with van der Waals surface area (Å²) in [6.45, 7) is 4.56. The molecule has 0 aromatic carbocycles. The number of aryl methyl sites for hydroxylation is 1. The number of halogens is 1. The van der Waals surface area contributed by atoms with E-state index in [-0.39, 0.29) is 16.5 Å². The van der Waals surface area contributed by atoms with Crippen LogP contribution in [0.3, 0.4) is 0 Å². The number of anilines is 1. The highest BCUT2D eigenvalue weighted by atomic mass is 35.5. The van der Waals surface area contributed by atoms with Crippen molar-refractivity contribution in [3.05, 3.63) is 45.7 Å². The maximum atomic E-state index is 12.2. The lowest BCUT2D eigenvalue weighted by Crippen LogP contribution is -2.49. The maximum Gasteiger partial charge on any atom is 0.289 e. The lowest BCUT2D eigenvalue weighted by atomic mass is 10.2. The second kappa shape index (κ2) is 6.45. The first-order valence-electron chi connectivity index (χ1n) is 7.45. The Morgan fingerprint density at radius 1 is 1.35 bits per heavy atom. The van der Waals surface area contributed by atoms with E-state index in [4.69, 9.17) is 16.0 Å². The van der Waals surface area contributed by atoms with Crippen LogP contribution in [0.5, 0.6) is 0 Å². The van der Waals surface area contributed by atoms with Gasteiger partial charge in [-0.15, -0.1) is 0 Å². The second-order valence-corrected chi connectivity index (χ2v) is 5.60. The molecule has 2 aromatic heterocycles. The van der Waals surface area contributed by atoms with Gasteiger partial charge in [0.25, 0.3) is 11.5 Å². The zero-order valence-corrected chi connectivity index (χ0v) is 13.5. The molecule has 0 atom stereocenters. The van der Waals surface area contributed by atoms with Gasteiger partial charge >= 0.3 is 0 Å². The molecule has 1 fully saturated rings. The minimum atomic E-state index is -0.291. The van der Waals surface area contributed by atoms with Crippen LogP contribution in [0.2, 0.25) is 5.02 Å². The molecule has 2 aromatic rings. The zero-order chi connectivity index (χ0) is 16.4. The molecule has 0 unspecified atom stereocenters. The molecule has 1 amide bonds. The fourth-order valence-corrected chi connectivity index (χ4v) is 2.87. The van der Waals surface area contributed by atoms with Crippen molar-refractivity contribution >= 4 is 23.2 Å². The van der Waals surface area contributed by atoms with Gasteiger partial charge in [-0.25, -0.2) is 4.68 Å². The Labute approximate surface area is 138 Å². The summed E-state index contributed by atoms with van der Waals surface area (Å²) in [7, 11) is 0. The number of carbonyl (C=O) groups excluding carboxylic acids is 1. The predicted octanol–water partition coefficient (Wildman–Crippen LogP) is 1.47. The van der Waals surface area contributed by atoms with E-state index in [1.54, 1.807) is 23.2 Å². The number of hydrogen-bond donors (Lipinski definition) is 0. The van der Waals surface area contributed by atoms with Gasteiger partial charge in [0.05, 0.1) is 18.1 Å². The summed E-state index contributed by atoms with van der Waals surface area (Å²) < 4.78 is 6.46. The third-order valence-corrected chi connectivity index (χ3v) is 4.26. The quantitative estimate of drug-likeness (QED) is 0.848. The number of furan rings is 1. The lowest BCUT2D eigenvalue weighted by Gasteiger charge is -2.35. The van der Waals surface area contributed by atoms with Crippen LogP contribution in [-0.4, -0.2) is 46.8 Å². The predicted molar refractivity (Wildman–Crippen MR) is 86.0 cm³/mol. The molecule has 7 nitrogen and oxygen atoms in total. The van der Waals surface area contributed by atoms with Crippen molar-refractivity contribution in [2.24, 2.45) is 0 Å². The molecule has 3 rings (SSSR count). The summed E-state index contributed by atoms with van der Waals surface area (Å²) in [6, 6.07) is 3.34. The van der Waals surface area contributed by atoms with Crippen molar-refractivity contribution in [1.82, 2.24) is 14.7 Å². The normalized spacial score (nSPS) is 15.0. The second-order valence-electron chi connectivity index (χ2n) is 5.22. The van der Waals surface area contributed by atoms with Gasteiger partial charge in [0, 0.05) is 32.7 Å². The van der Waals surface area contributed by atoms with Crippen molar-refractivity contribution in [2.75, 3.05) is 31.1 Å². The van der Waals surface area contributed by atoms with Crippen molar-refractivity contribution in [1.29, 1.82) is 0 Å². The van der Waals surface area contributed by atoms with Crippen LogP contribution >= 0.6 is 11.6 Å². The van der Waals surface area contributed by atoms with Gasteiger partial charge < -0.3 is 14.2 Å². The van der Waals surface area contributed by atoms with E-state index in [9.17, 15) is 9.59 Å². The molecular weight excluding hydrogens is 320 g/mol. The molecule has 0 aliphatic carbocycles. The first-order chi connectivity index (χ1) is 11.1. The Morgan fingerprint density at radius 2 is 2.09 bits per heavy atom. The summed E-state index contributed by atoms with van der Waals surface area (Å²) in [5.41, 5.74) is 0.326. The van der Waals surface area contributed by atoms with Crippen molar-refractivity contribution in [3.8, 4) is 0 Å². The van der Waals surface area contributed by atoms with Crippen molar-refractivity contribution in [3.63, 3.8) is 0 Å². The van der Waals surface area contributed by atoms with Crippen LogP contribution < -0.4 is 10.5 Å². The molecule has 0 saturated carbocycles. The molecule has 0 radical (unpaired) electrons. The summed E-state index contributed by atoms with van der Waals surface area (Å²) >= 11 is 6.18. The van der Waals surface area contributed by atoms with E-state index >= 15 is 0 Å². The Bertz CT molecular complexity index is 749. The highest BCUT2D eigenvalue weighted by Gasteiger charge is 2.25. The van der Waals surface area contributed by atoms with E-state index < -0.39 is 0 Å². The number of piperazine rings is 1. The summed E-state index contributed by atoms with van der Waals surface area (Å²) in [5.74, 6) is 0.212. The average Bonchev–Trinajstić information content (AvgIpc) is 3.11. The summed E-state index contributed by atoms with van der Waals surface area (Å²) in [4.78, 5) is 28.0. The Kier molecular flexibility index (Phi) is 4.38. The molecular formula is C15H17ClN4O3. The first-order valence-corrected chi connectivity index (χ1v) is 7.83. The lowest BCUT2D eigenvalue weighted by molar-refractivity contribution is 0.0714. The first kappa shape index (κ1) is 15.6. The number of nitrogens with zero attached hydrogens (tertiary/aromatic N) is 4. The molecule has 1 saturated heterocycles. The van der Waals surface area contributed by atoms with Gasteiger partial charge in [-0.1, -0.05) is 11.6 Å². The number of carbonyl (C=O) groups is 1. The third-order valence-electron chi connectivity index (χ3n) is 3.91. The van der Waals surface area contributed by atoms with Crippen LogP contribution in [0.1, 0.15) is 17.5 Å². The van der Waals surface area contributed by atoms with E-state index in [2.05, 4.69) is 5.10 Å².